The zero-order valence-corrected chi connectivity index (χ0v) is 18.9. The number of benzene rings is 1. The number of piperidine rings is 2. The maximum absolute atomic E-state index is 12.2. The Morgan fingerprint density at radius 3 is 2.47 bits per heavy atom. The lowest BCUT2D eigenvalue weighted by Crippen LogP contribution is -3.18. The fourth-order valence-electron chi connectivity index (χ4n) is 4.19. The number of hydrogen-bond donors (Lipinski definition) is 2. The summed E-state index contributed by atoms with van der Waals surface area (Å²) < 4.78 is 11.2. The standard InChI is InChI=1S/C19H26ClNO3.C4H4O4/c1-14(24-17-9-7-16(20)8-10-17)19(22)23-13-15-5-4-12-21-11-3-2-6-18(15)21;5-3(6)1-2-4(7)8/h7-10,14-15,18H,2-6,11-13H2,1H3;1-2H,(H,5,6)(H,7,8)/b;2-1-/t14?,15-,18+;/m0./s1. The van der Waals surface area contributed by atoms with Crippen molar-refractivity contribution in [1.29, 1.82) is 0 Å². The Balaban J connectivity index is 0.000000390. The largest absolute Gasteiger partial charge is 0.545 e. The van der Waals surface area contributed by atoms with Gasteiger partial charge in [0.15, 0.2) is 6.10 Å². The van der Waals surface area contributed by atoms with Crippen molar-refractivity contribution in [2.75, 3.05) is 19.7 Å². The van der Waals surface area contributed by atoms with Crippen LogP contribution in [0.4, 0.5) is 0 Å². The van der Waals surface area contributed by atoms with E-state index in [1.807, 2.05) is 0 Å². The molecule has 4 atom stereocenters. The van der Waals surface area contributed by atoms with Gasteiger partial charge in [-0.05, 0) is 69.4 Å². The zero-order valence-electron chi connectivity index (χ0n) is 18.1. The average molecular weight is 468 g/mol. The molecule has 2 unspecified atom stereocenters. The highest BCUT2D eigenvalue weighted by molar-refractivity contribution is 6.30. The van der Waals surface area contributed by atoms with Gasteiger partial charge in [-0.2, -0.15) is 0 Å². The summed E-state index contributed by atoms with van der Waals surface area (Å²) >= 11 is 5.85. The van der Waals surface area contributed by atoms with E-state index in [2.05, 4.69) is 0 Å². The molecule has 2 aliphatic heterocycles. The average Bonchev–Trinajstić information content (AvgIpc) is 2.78. The minimum Gasteiger partial charge on any atom is -0.545 e. The Morgan fingerprint density at radius 2 is 1.84 bits per heavy atom. The van der Waals surface area contributed by atoms with Crippen molar-refractivity contribution in [3.05, 3.63) is 41.4 Å². The van der Waals surface area contributed by atoms with Crippen LogP contribution in [0.2, 0.25) is 5.02 Å². The molecule has 2 saturated heterocycles. The first-order valence-corrected chi connectivity index (χ1v) is 11.2. The normalized spacial score (nSPS) is 23.2. The van der Waals surface area contributed by atoms with Crippen molar-refractivity contribution in [2.24, 2.45) is 5.92 Å². The van der Waals surface area contributed by atoms with Crippen LogP contribution in [-0.2, 0) is 19.1 Å². The van der Waals surface area contributed by atoms with Gasteiger partial charge in [0, 0.05) is 17.0 Å². The van der Waals surface area contributed by atoms with E-state index < -0.39 is 18.0 Å². The second-order valence-electron chi connectivity index (χ2n) is 8.00. The van der Waals surface area contributed by atoms with E-state index in [0.717, 1.165) is 0 Å². The van der Waals surface area contributed by atoms with Crippen LogP contribution in [0.15, 0.2) is 36.4 Å². The van der Waals surface area contributed by atoms with E-state index in [-0.39, 0.29) is 5.97 Å². The van der Waals surface area contributed by atoms with Crippen LogP contribution in [0, 0.1) is 5.92 Å². The molecular formula is C23H30ClNO7. The highest BCUT2D eigenvalue weighted by Crippen LogP contribution is 2.21. The minimum absolute atomic E-state index is 0.284. The number of carbonyl (C=O) groups is 3. The number of fused-ring (bicyclic) bond motifs is 1. The summed E-state index contributed by atoms with van der Waals surface area (Å²) in [5, 5.41) is 17.9. The first-order chi connectivity index (χ1) is 15.3. The third kappa shape index (κ3) is 8.88. The van der Waals surface area contributed by atoms with Crippen LogP contribution < -0.4 is 14.7 Å². The summed E-state index contributed by atoms with van der Waals surface area (Å²) in [6.07, 6.45) is 6.67. The van der Waals surface area contributed by atoms with Crippen molar-refractivity contribution >= 4 is 29.5 Å². The molecule has 0 spiro atoms. The Hall–Kier alpha value is -2.58. The monoisotopic (exact) mass is 467 g/mol. The first kappa shape index (κ1) is 25.7. The second kappa shape index (κ2) is 13.1. The maximum Gasteiger partial charge on any atom is 0.347 e. The Labute approximate surface area is 192 Å². The molecule has 0 bridgehead atoms. The molecule has 0 radical (unpaired) electrons. The molecule has 32 heavy (non-hydrogen) atoms. The lowest BCUT2D eigenvalue weighted by atomic mass is 9.84. The second-order valence-corrected chi connectivity index (χ2v) is 8.43. The van der Waals surface area contributed by atoms with Crippen molar-refractivity contribution in [1.82, 2.24) is 0 Å². The number of quaternary nitrogens is 1. The Morgan fingerprint density at radius 1 is 1.16 bits per heavy atom. The summed E-state index contributed by atoms with van der Waals surface area (Å²) in [4.78, 5) is 32.9. The quantitative estimate of drug-likeness (QED) is 0.451. The van der Waals surface area contributed by atoms with Gasteiger partial charge in [-0.3, -0.25) is 0 Å². The predicted molar refractivity (Wildman–Crippen MR) is 115 cm³/mol. The molecule has 0 amide bonds. The number of carboxylic acids is 2. The van der Waals surface area contributed by atoms with Crippen LogP contribution in [0.3, 0.4) is 0 Å². The van der Waals surface area contributed by atoms with Gasteiger partial charge >= 0.3 is 11.9 Å². The van der Waals surface area contributed by atoms with Crippen LogP contribution in [0.1, 0.15) is 39.0 Å². The van der Waals surface area contributed by atoms with Gasteiger partial charge in [-0.15, -0.1) is 0 Å². The molecule has 0 saturated carbocycles. The van der Waals surface area contributed by atoms with E-state index >= 15 is 0 Å². The fourth-order valence-corrected chi connectivity index (χ4v) is 4.31. The van der Waals surface area contributed by atoms with Crippen LogP contribution in [0.5, 0.6) is 5.75 Å². The van der Waals surface area contributed by atoms with E-state index in [1.54, 1.807) is 36.1 Å². The molecule has 0 aromatic heterocycles. The smallest absolute Gasteiger partial charge is 0.347 e. The molecule has 9 heteroatoms. The summed E-state index contributed by atoms with van der Waals surface area (Å²) in [5.74, 6) is -1.96. The van der Waals surface area contributed by atoms with Crippen molar-refractivity contribution in [2.45, 2.75) is 51.2 Å². The highest BCUT2D eigenvalue weighted by atomic mass is 35.5. The molecule has 1 aromatic rings. The number of rotatable bonds is 7. The highest BCUT2D eigenvalue weighted by Gasteiger charge is 2.37. The third-order valence-electron chi connectivity index (χ3n) is 5.69. The fraction of sp³-hybridized carbons (Fsp3) is 0.522. The number of aliphatic carboxylic acids is 2. The Bertz CT molecular complexity index is 778. The van der Waals surface area contributed by atoms with Crippen LogP contribution >= 0.6 is 11.6 Å². The van der Waals surface area contributed by atoms with Crippen LogP contribution in [0.25, 0.3) is 0 Å². The molecular weight excluding hydrogens is 438 g/mol. The van der Waals surface area contributed by atoms with Gasteiger partial charge in [-0.25, -0.2) is 9.59 Å². The molecule has 8 nitrogen and oxygen atoms in total. The summed E-state index contributed by atoms with van der Waals surface area (Å²) in [5.41, 5.74) is 0. The lowest BCUT2D eigenvalue weighted by molar-refractivity contribution is -0.940. The van der Waals surface area contributed by atoms with Gasteiger partial charge in [0.25, 0.3) is 0 Å². The number of carboxylic acid groups (broad SMARTS) is 2. The molecule has 1 aromatic carbocycles. The number of esters is 1. The maximum atomic E-state index is 12.2. The number of hydrogen-bond acceptors (Lipinski definition) is 6. The van der Waals surface area contributed by atoms with Crippen LogP contribution in [-0.4, -0.2) is 54.9 Å². The topological polar surface area (TPSA) is 117 Å². The van der Waals surface area contributed by atoms with Gasteiger partial charge in [0.2, 0.25) is 0 Å². The number of carbonyl (C=O) groups excluding carboxylic acids is 2. The van der Waals surface area contributed by atoms with Crippen molar-refractivity contribution in [3.63, 3.8) is 0 Å². The zero-order chi connectivity index (χ0) is 23.5. The minimum atomic E-state index is -1.51. The van der Waals surface area contributed by atoms with Gasteiger partial charge in [-0.1, -0.05) is 11.6 Å². The SMILES string of the molecule is CC(Oc1ccc(Cl)cc1)C(=O)OC[C@@H]1CCC[NH+]2CCCC[C@H]12.O=C([O-])/C=C\C(=O)O. The van der Waals surface area contributed by atoms with Crippen molar-refractivity contribution < 1.29 is 39.0 Å². The third-order valence-corrected chi connectivity index (χ3v) is 5.94. The molecule has 2 fully saturated rings. The number of nitrogens with one attached hydrogen (secondary N) is 1. The molecule has 2 N–H and O–H groups in total. The van der Waals surface area contributed by atoms with Crippen molar-refractivity contribution in [3.8, 4) is 5.75 Å². The molecule has 3 rings (SSSR count). The van der Waals surface area contributed by atoms with E-state index in [9.17, 15) is 19.5 Å². The van der Waals surface area contributed by atoms with E-state index in [1.165, 1.54) is 45.2 Å². The lowest BCUT2D eigenvalue weighted by Gasteiger charge is -2.41. The summed E-state index contributed by atoms with van der Waals surface area (Å²) in [7, 11) is 0. The molecule has 0 aliphatic carbocycles. The molecule has 2 aliphatic rings. The van der Waals surface area contributed by atoms with E-state index in [4.69, 9.17) is 26.2 Å². The van der Waals surface area contributed by atoms with Gasteiger partial charge in [0.05, 0.1) is 31.7 Å². The summed E-state index contributed by atoms with van der Waals surface area (Å²) in [6, 6.07) is 7.69. The summed E-state index contributed by atoms with van der Waals surface area (Å²) in [6.45, 7) is 4.83. The number of halogens is 1. The molecule has 2 heterocycles. The van der Waals surface area contributed by atoms with Gasteiger partial charge in [0.1, 0.15) is 5.75 Å². The first-order valence-electron chi connectivity index (χ1n) is 10.8. The number of ether oxygens (including phenoxy) is 2. The van der Waals surface area contributed by atoms with E-state index in [0.29, 0.717) is 41.5 Å². The Kier molecular flexibility index (Phi) is 10.5. The predicted octanol–water partition coefficient (Wildman–Crippen LogP) is 0.875. The molecule has 176 valence electrons. The van der Waals surface area contributed by atoms with Gasteiger partial charge < -0.3 is 29.4 Å².